The van der Waals surface area contributed by atoms with E-state index in [1.165, 1.54) is 37.3 Å². The van der Waals surface area contributed by atoms with Crippen LogP contribution in [-0.4, -0.2) is 22.0 Å². The number of nitrogens with zero attached hydrogens (tertiary/aromatic N) is 1. The lowest BCUT2D eigenvalue weighted by atomic mass is 10.1. The van der Waals surface area contributed by atoms with Crippen LogP contribution in [0.2, 0.25) is 0 Å². The van der Waals surface area contributed by atoms with Crippen molar-refractivity contribution in [3.63, 3.8) is 0 Å². The number of aromatic nitrogens is 1. The summed E-state index contributed by atoms with van der Waals surface area (Å²) in [6, 6.07) is 4.00. The first-order chi connectivity index (χ1) is 8.70. The maximum atomic E-state index is 12.8. The highest BCUT2D eigenvalue weighted by Gasteiger charge is 2.28. The second kappa shape index (κ2) is 6.53. The minimum Gasteiger partial charge on any atom is -0.305 e. The van der Waals surface area contributed by atoms with E-state index in [9.17, 15) is 4.39 Å². The van der Waals surface area contributed by atoms with Gasteiger partial charge in [0.2, 0.25) is 0 Å². The first kappa shape index (κ1) is 13.8. The minimum atomic E-state index is -0.272. The third-order valence-electron chi connectivity index (χ3n) is 3.49. The van der Waals surface area contributed by atoms with Crippen molar-refractivity contribution in [2.75, 3.05) is 5.75 Å². The molecule has 2 rings (SSSR count). The largest absolute Gasteiger partial charge is 0.305 e. The zero-order chi connectivity index (χ0) is 13.0. The SMILES string of the molecule is CCSC1CCCC1NC(C)c1ccc(F)cn1. The van der Waals surface area contributed by atoms with Gasteiger partial charge in [0.05, 0.1) is 11.9 Å². The molecule has 1 aliphatic rings. The molecule has 0 bridgehead atoms. The molecule has 1 saturated carbocycles. The fourth-order valence-electron chi connectivity index (χ4n) is 2.58. The molecule has 0 radical (unpaired) electrons. The zero-order valence-corrected chi connectivity index (χ0v) is 11.8. The fraction of sp³-hybridized carbons (Fsp3) is 0.643. The average molecular weight is 268 g/mol. The van der Waals surface area contributed by atoms with Crippen LogP contribution in [0, 0.1) is 5.82 Å². The first-order valence-electron chi connectivity index (χ1n) is 6.69. The predicted octanol–water partition coefficient (Wildman–Crippen LogP) is 3.55. The third kappa shape index (κ3) is 3.45. The van der Waals surface area contributed by atoms with Gasteiger partial charge in [-0.2, -0.15) is 11.8 Å². The van der Waals surface area contributed by atoms with Gasteiger partial charge in [0.15, 0.2) is 0 Å². The smallest absolute Gasteiger partial charge is 0.141 e. The monoisotopic (exact) mass is 268 g/mol. The molecular weight excluding hydrogens is 247 g/mol. The summed E-state index contributed by atoms with van der Waals surface area (Å²) in [5.41, 5.74) is 0.920. The Labute approximate surface area is 113 Å². The molecule has 0 aliphatic heterocycles. The van der Waals surface area contributed by atoms with Gasteiger partial charge in [-0.05, 0) is 37.7 Å². The Kier molecular flexibility index (Phi) is 5.01. The summed E-state index contributed by atoms with van der Waals surface area (Å²) in [4.78, 5) is 4.15. The fourth-order valence-corrected chi connectivity index (χ4v) is 3.79. The van der Waals surface area contributed by atoms with Gasteiger partial charge in [-0.3, -0.25) is 4.98 Å². The topological polar surface area (TPSA) is 24.9 Å². The molecule has 0 aromatic carbocycles. The summed E-state index contributed by atoms with van der Waals surface area (Å²) >= 11 is 2.04. The van der Waals surface area contributed by atoms with E-state index in [-0.39, 0.29) is 11.9 Å². The number of hydrogen-bond acceptors (Lipinski definition) is 3. The zero-order valence-electron chi connectivity index (χ0n) is 11.0. The summed E-state index contributed by atoms with van der Waals surface area (Å²) in [5.74, 6) is 0.901. The van der Waals surface area contributed by atoms with E-state index < -0.39 is 0 Å². The van der Waals surface area contributed by atoms with Crippen LogP contribution in [0.15, 0.2) is 18.3 Å². The van der Waals surface area contributed by atoms with Crippen molar-refractivity contribution in [1.29, 1.82) is 0 Å². The highest BCUT2D eigenvalue weighted by atomic mass is 32.2. The summed E-state index contributed by atoms with van der Waals surface area (Å²) < 4.78 is 12.8. The van der Waals surface area contributed by atoms with Crippen LogP contribution in [0.25, 0.3) is 0 Å². The summed E-state index contributed by atoms with van der Waals surface area (Å²) in [7, 11) is 0. The quantitative estimate of drug-likeness (QED) is 0.884. The maximum Gasteiger partial charge on any atom is 0.141 e. The first-order valence-corrected chi connectivity index (χ1v) is 7.74. The number of nitrogens with one attached hydrogen (secondary N) is 1. The van der Waals surface area contributed by atoms with Crippen molar-refractivity contribution >= 4 is 11.8 Å². The van der Waals surface area contributed by atoms with Gasteiger partial charge in [-0.25, -0.2) is 4.39 Å². The molecule has 1 aromatic rings. The normalized spacial score (nSPS) is 25.3. The van der Waals surface area contributed by atoms with Crippen LogP contribution in [0.4, 0.5) is 4.39 Å². The lowest BCUT2D eigenvalue weighted by Gasteiger charge is -2.24. The van der Waals surface area contributed by atoms with Crippen molar-refractivity contribution in [2.24, 2.45) is 0 Å². The molecule has 0 amide bonds. The standard InChI is InChI=1S/C14H21FN2S/c1-3-18-14-6-4-5-13(14)17-10(2)12-8-7-11(15)9-16-12/h7-10,13-14,17H,3-6H2,1-2H3. The number of thioether (sulfide) groups is 1. The van der Waals surface area contributed by atoms with Gasteiger partial charge < -0.3 is 5.32 Å². The van der Waals surface area contributed by atoms with E-state index in [2.05, 4.69) is 24.1 Å². The molecule has 4 heteroatoms. The van der Waals surface area contributed by atoms with E-state index in [0.717, 1.165) is 10.9 Å². The lowest BCUT2D eigenvalue weighted by Crippen LogP contribution is -2.36. The lowest BCUT2D eigenvalue weighted by molar-refractivity contribution is 0.459. The highest BCUT2D eigenvalue weighted by Crippen LogP contribution is 2.31. The van der Waals surface area contributed by atoms with E-state index in [1.807, 2.05) is 11.8 Å². The van der Waals surface area contributed by atoms with Gasteiger partial charge in [0, 0.05) is 17.3 Å². The van der Waals surface area contributed by atoms with Gasteiger partial charge >= 0.3 is 0 Å². The van der Waals surface area contributed by atoms with Gasteiger partial charge in [0.1, 0.15) is 5.82 Å². The number of halogens is 1. The number of rotatable bonds is 5. The third-order valence-corrected chi connectivity index (χ3v) is 4.82. The van der Waals surface area contributed by atoms with Gasteiger partial charge in [-0.15, -0.1) is 0 Å². The van der Waals surface area contributed by atoms with E-state index in [4.69, 9.17) is 0 Å². The second-order valence-corrected chi connectivity index (χ2v) is 6.34. The molecule has 0 spiro atoms. The van der Waals surface area contributed by atoms with Crippen LogP contribution in [0.5, 0.6) is 0 Å². The van der Waals surface area contributed by atoms with Crippen LogP contribution in [-0.2, 0) is 0 Å². The van der Waals surface area contributed by atoms with Crippen molar-refractivity contribution in [3.8, 4) is 0 Å². The van der Waals surface area contributed by atoms with E-state index in [1.54, 1.807) is 6.07 Å². The Bertz CT molecular complexity index is 369. The Morgan fingerprint density at radius 2 is 2.33 bits per heavy atom. The van der Waals surface area contributed by atoms with Crippen LogP contribution in [0.1, 0.15) is 44.8 Å². The Hall–Kier alpha value is -0.610. The van der Waals surface area contributed by atoms with Crippen molar-refractivity contribution in [2.45, 2.75) is 50.4 Å². The van der Waals surface area contributed by atoms with Crippen LogP contribution < -0.4 is 5.32 Å². The summed E-state index contributed by atoms with van der Waals surface area (Å²) in [6.07, 6.45) is 5.14. The molecular formula is C14H21FN2S. The molecule has 100 valence electrons. The molecule has 3 unspecified atom stereocenters. The molecule has 2 nitrogen and oxygen atoms in total. The van der Waals surface area contributed by atoms with Crippen molar-refractivity contribution < 1.29 is 4.39 Å². The van der Waals surface area contributed by atoms with Crippen molar-refractivity contribution in [3.05, 3.63) is 29.8 Å². The van der Waals surface area contributed by atoms with Crippen LogP contribution in [0.3, 0.4) is 0 Å². The second-order valence-electron chi connectivity index (χ2n) is 4.82. The minimum absolute atomic E-state index is 0.189. The summed E-state index contributed by atoms with van der Waals surface area (Å²) in [6.45, 7) is 4.32. The molecule has 18 heavy (non-hydrogen) atoms. The number of hydrogen-bond donors (Lipinski definition) is 1. The molecule has 1 heterocycles. The molecule has 3 atom stereocenters. The molecule has 1 aromatic heterocycles. The van der Waals surface area contributed by atoms with Crippen LogP contribution >= 0.6 is 11.8 Å². The predicted molar refractivity (Wildman–Crippen MR) is 75.3 cm³/mol. The van der Waals surface area contributed by atoms with Gasteiger partial charge in [0.25, 0.3) is 0 Å². The number of pyridine rings is 1. The Morgan fingerprint density at radius 3 is 3.00 bits per heavy atom. The molecule has 1 fully saturated rings. The van der Waals surface area contributed by atoms with Crippen molar-refractivity contribution in [1.82, 2.24) is 10.3 Å². The van der Waals surface area contributed by atoms with E-state index in [0.29, 0.717) is 6.04 Å². The Balaban J connectivity index is 1.94. The molecule has 1 aliphatic carbocycles. The summed E-state index contributed by atoms with van der Waals surface area (Å²) in [5, 5.41) is 4.36. The maximum absolute atomic E-state index is 12.8. The Morgan fingerprint density at radius 1 is 1.50 bits per heavy atom. The molecule has 0 saturated heterocycles. The van der Waals surface area contributed by atoms with E-state index >= 15 is 0 Å². The highest BCUT2D eigenvalue weighted by molar-refractivity contribution is 7.99. The van der Waals surface area contributed by atoms with Gasteiger partial charge in [-0.1, -0.05) is 13.3 Å². The molecule has 1 N–H and O–H groups in total. The average Bonchev–Trinajstić information content (AvgIpc) is 2.78.